The third-order valence-corrected chi connectivity index (χ3v) is 5.66. The molecule has 2 aliphatic rings. The highest BCUT2D eigenvalue weighted by atomic mass is 32.2. The number of carboxylic acids is 1. The zero-order valence-corrected chi connectivity index (χ0v) is 12.8. The lowest BCUT2D eigenvalue weighted by Gasteiger charge is -2.31. The predicted octanol–water partition coefficient (Wildman–Crippen LogP) is 1.80. The molecule has 5 nitrogen and oxygen atoms in total. The first-order chi connectivity index (χ1) is 9.47. The van der Waals surface area contributed by atoms with Crippen LogP contribution in [0.1, 0.15) is 51.9 Å². The van der Waals surface area contributed by atoms with Crippen molar-refractivity contribution in [2.24, 2.45) is 5.73 Å². The van der Waals surface area contributed by atoms with E-state index < -0.39 is 17.6 Å². The maximum Gasteiger partial charge on any atom is 0.327 e. The number of carboxylic acid groups (broad SMARTS) is 1. The summed E-state index contributed by atoms with van der Waals surface area (Å²) in [5.41, 5.74) is 5.85. The zero-order valence-electron chi connectivity index (χ0n) is 12.0. The lowest BCUT2D eigenvalue weighted by atomic mass is 9.93. The Labute approximate surface area is 124 Å². The van der Waals surface area contributed by atoms with Gasteiger partial charge in [0.1, 0.15) is 6.04 Å². The highest BCUT2D eigenvalue weighted by Crippen LogP contribution is 2.36. The Morgan fingerprint density at radius 3 is 2.60 bits per heavy atom. The van der Waals surface area contributed by atoms with Crippen LogP contribution in [-0.4, -0.2) is 44.6 Å². The Balaban J connectivity index is 2.08. The summed E-state index contributed by atoms with van der Waals surface area (Å²) >= 11 is 1.58. The van der Waals surface area contributed by atoms with E-state index in [0.29, 0.717) is 5.75 Å². The summed E-state index contributed by atoms with van der Waals surface area (Å²) < 4.78 is 0. The van der Waals surface area contributed by atoms with Gasteiger partial charge in [-0.2, -0.15) is 0 Å². The van der Waals surface area contributed by atoms with E-state index in [-0.39, 0.29) is 17.7 Å². The highest BCUT2D eigenvalue weighted by molar-refractivity contribution is 8.00. The van der Waals surface area contributed by atoms with Crippen molar-refractivity contribution in [2.75, 3.05) is 5.75 Å². The molecule has 20 heavy (non-hydrogen) atoms. The number of thioether (sulfide) groups is 1. The average Bonchev–Trinajstić information content (AvgIpc) is 2.96. The van der Waals surface area contributed by atoms with Crippen molar-refractivity contribution >= 4 is 23.6 Å². The molecule has 0 radical (unpaired) electrons. The largest absolute Gasteiger partial charge is 0.480 e. The van der Waals surface area contributed by atoms with Crippen molar-refractivity contribution in [1.29, 1.82) is 0 Å². The lowest BCUT2D eigenvalue weighted by Crippen LogP contribution is -2.50. The summed E-state index contributed by atoms with van der Waals surface area (Å²) in [6.45, 7) is 2.05. The van der Waals surface area contributed by atoms with Crippen LogP contribution in [0.4, 0.5) is 0 Å². The van der Waals surface area contributed by atoms with Crippen molar-refractivity contribution in [1.82, 2.24) is 4.90 Å². The van der Waals surface area contributed by atoms with Gasteiger partial charge in [0, 0.05) is 17.7 Å². The van der Waals surface area contributed by atoms with E-state index >= 15 is 0 Å². The molecule has 114 valence electrons. The molecule has 2 rings (SSSR count). The first-order valence-corrected chi connectivity index (χ1v) is 8.46. The van der Waals surface area contributed by atoms with E-state index in [1.165, 1.54) is 0 Å². The second-order valence-electron chi connectivity index (χ2n) is 5.98. The molecule has 3 N–H and O–H groups in total. The maximum absolute atomic E-state index is 12.6. The summed E-state index contributed by atoms with van der Waals surface area (Å²) in [7, 11) is 0. The monoisotopic (exact) mass is 300 g/mol. The number of nitrogens with two attached hydrogens (primary N) is 1. The first kappa shape index (κ1) is 15.6. The van der Waals surface area contributed by atoms with Crippen LogP contribution in [0.3, 0.4) is 0 Å². The quantitative estimate of drug-likeness (QED) is 0.809. The van der Waals surface area contributed by atoms with Crippen molar-refractivity contribution in [3.63, 3.8) is 0 Å². The number of carbonyl (C=O) groups excluding carboxylic acids is 1. The highest BCUT2D eigenvalue weighted by Gasteiger charge is 2.43. The topological polar surface area (TPSA) is 83.6 Å². The standard InChI is InChI=1S/C14H24N2O3S/c1-2-5-12-16(10(9-20-12)13(18)19)11(17)8-14(15)6-3-4-7-14/h10,12H,2-9,15H2,1H3,(H,18,19). The van der Waals surface area contributed by atoms with Gasteiger partial charge >= 0.3 is 5.97 Å². The minimum atomic E-state index is -0.901. The van der Waals surface area contributed by atoms with Crippen LogP contribution in [0.15, 0.2) is 0 Å². The van der Waals surface area contributed by atoms with Gasteiger partial charge in [-0.3, -0.25) is 4.79 Å². The number of aliphatic carboxylic acids is 1. The summed E-state index contributed by atoms with van der Waals surface area (Å²) in [5, 5.41) is 9.30. The molecule has 1 saturated heterocycles. The molecule has 0 spiro atoms. The Morgan fingerprint density at radius 1 is 1.40 bits per heavy atom. The van der Waals surface area contributed by atoms with Gasteiger partial charge in [0.25, 0.3) is 0 Å². The number of hydrogen-bond donors (Lipinski definition) is 2. The fraction of sp³-hybridized carbons (Fsp3) is 0.857. The van der Waals surface area contributed by atoms with Crippen LogP contribution in [0.25, 0.3) is 0 Å². The van der Waals surface area contributed by atoms with E-state index in [2.05, 4.69) is 6.92 Å². The molecule has 1 saturated carbocycles. The van der Waals surface area contributed by atoms with Crippen LogP contribution in [-0.2, 0) is 9.59 Å². The summed E-state index contributed by atoms with van der Waals surface area (Å²) in [6.07, 6.45) is 5.96. The Hall–Kier alpha value is -0.750. The molecule has 0 aromatic rings. The molecule has 2 fully saturated rings. The Morgan fingerprint density at radius 2 is 2.05 bits per heavy atom. The second kappa shape index (κ2) is 6.35. The third kappa shape index (κ3) is 3.28. The molecule has 1 aliphatic carbocycles. The second-order valence-corrected chi connectivity index (χ2v) is 7.19. The molecule has 1 aliphatic heterocycles. The Bertz CT molecular complexity index is 383. The van der Waals surface area contributed by atoms with Crippen LogP contribution in [0.2, 0.25) is 0 Å². The lowest BCUT2D eigenvalue weighted by molar-refractivity contribution is -0.149. The number of hydrogen-bond acceptors (Lipinski definition) is 4. The number of nitrogens with zero attached hydrogens (tertiary/aromatic N) is 1. The van der Waals surface area contributed by atoms with Crippen LogP contribution >= 0.6 is 11.8 Å². The fourth-order valence-corrected chi connectivity index (χ4v) is 4.74. The number of amides is 1. The van der Waals surface area contributed by atoms with Crippen molar-refractivity contribution in [3.05, 3.63) is 0 Å². The van der Waals surface area contributed by atoms with E-state index in [9.17, 15) is 14.7 Å². The molecule has 0 aromatic heterocycles. The van der Waals surface area contributed by atoms with Gasteiger partial charge in [0.15, 0.2) is 0 Å². The normalized spacial score (nSPS) is 28.8. The molecule has 2 unspecified atom stereocenters. The van der Waals surface area contributed by atoms with E-state index in [1.54, 1.807) is 16.7 Å². The molecule has 2 atom stereocenters. The molecular formula is C14H24N2O3S. The fourth-order valence-electron chi connectivity index (χ4n) is 3.21. The molecule has 0 aromatic carbocycles. The minimum Gasteiger partial charge on any atom is -0.480 e. The van der Waals surface area contributed by atoms with Gasteiger partial charge in [-0.15, -0.1) is 11.8 Å². The first-order valence-electron chi connectivity index (χ1n) is 7.41. The van der Waals surface area contributed by atoms with Gasteiger partial charge < -0.3 is 15.7 Å². The van der Waals surface area contributed by atoms with Crippen LogP contribution in [0.5, 0.6) is 0 Å². The average molecular weight is 300 g/mol. The molecular weight excluding hydrogens is 276 g/mol. The zero-order chi connectivity index (χ0) is 14.8. The van der Waals surface area contributed by atoms with Crippen molar-refractivity contribution in [2.45, 2.75) is 68.8 Å². The molecule has 0 bridgehead atoms. The summed E-state index contributed by atoms with van der Waals surface area (Å²) in [6, 6.07) is -0.686. The van der Waals surface area contributed by atoms with E-state index in [4.69, 9.17) is 5.73 Å². The van der Waals surface area contributed by atoms with Gasteiger partial charge in [0.2, 0.25) is 5.91 Å². The third-order valence-electron chi connectivity index (χ3n) is 4.30. The Kier molecular flexibility index (Phi) is 4.96. The summed E-state index contributed by atoms with van der Waals surface area (Å²) in [5.74, 6) is -0.490. The molecule has 6 heteroatoms. The predicted molar refractivity (Wildman–Crippen MR) is 79.4 cm³/mol. The van der Waals surface area contributed by atoms with Crippen LogP contribution < -0.4 is 5.73 Å². The molecule has 1 heterocycles. The van der Waals surface area contributed by atoms with Crippen LogP contribution in [0, 0.1) is 0 Å². The van der Waals surface area contributed by atoms with Crippen molar-refractivity contribution in [3.8, 4) is 0 Å². The van der Waals surface area contributed by atoms with Crippen molar-refractivity contribution < 1.29 is 14.7 Å². The minimum absolute atomic E-state index is 0.00129. The number of carbonyl (C=O) groups is 2. The molecule has 1 amide bonds. The van der Waals surface area contributed by atoms with Gasteiger partial charge in [0.05, 0.1) is 5.37 Å². The van der Waals surface area contributed by atoms with Gasteiger partial charge in [-0.05, 0) is 19.3 Å². The van der Waals surface area contributed by atoms with E-state index in [1.807, 2.05) is 0 Å². The van der Waals surface area contributed by atoms with Gasteiger partial charge in [-0.1, -0.05) is 26.2 Å². The van der Waals surface area contributed by atoms with Gasteiger partial charge in [-0.25, -0.2) is 4.79 Å². The maximum atomic E-state index is 12.6. The van der Waals surface area contributed by atoms with E-state index in [0.717, 1.165) is 38.5 Å². The number of rotatable bonds is 5. The summed E-state index contributed by atoms with van der Waals surface area (Å²) in [4.78, 5) is 25.5. The smallest absolute Gasteiger partial charge is 0.327 e. The SMILES string of the molecule is CCCC1SCC(C(=O)O)N1C(=O)CC1(N)CCCC1.